The average molecular weight is 797 g/mol. The first-order valence-corrected chi connectivity index (χ1v) is 17.0. The van der Waals surface area contributed by atoms with Crippen LogP contribution < -0.4 is 32.7 Å². The average Bonchev–Trinajstić information content (AvgIpc) is 3.17. The molecule has 0 atom stereocenters. The van der Waals surface area contributed by atoms with Crippen molar-refractivity contribution in [1.29, 1.82) is 0 Å². The SMILES string of the molecule is Nc1cccc(C(=O)Nc2ccc(C(=O)Nc3ccc(-c4ccc(NC(=O)c5ccc(NC(=O)c6cccc(N)c6)cc5)cc4C(F)(F)F)c(C(F)(F)F)c3)cc2)c1. The Hall–Kier alpha value is -7.62. The van der Waals surface area contributed by atoms with Gasteiger partial charge in [-0.3, -0.25) is 19.2 Å². The van der Waals surface area contributed by atoms with Gasteiger partial charge in [-0.1, -0.05) is 24.3 Å². The molecular weight excluding hydrogens is 766 g/mol. The number of amides is 4. The zero-order valence-electron chi connectivity index (χ0n) is 29.8. The highest BCUT2D eigenvalue weighted by atomic mass is 19.4. The van der Waals surface area contributed by atoms with Crippen LogP contribution in [0.3, 0.4) is 0 Å². The maximum atomic E-state index is 14.4. The lowest BCUT2D eigenvalue weighted by atomic mass is 9.93. The van der Waals surface area contributed by atoms with E-state index < -0.39 is 58.2 Å². The summed E-state index contributed by atoms with van der Waals surface area (Å²) in [6.45, 7) is 0. The van der Waals surface area contributed by atoms with E-state index in [9.17, 15) is 45.5 Å². The van der Waals surface area contributed by atoms with Crippen molar-refractivity contribution in [3.8, 4) is 11.1 Å². The highest BCUT2D eigenvalue weighted by molar-refractivity contribution is 6.08. The summed E-state index contributed by atoms with van der Waals surface area (Å²) in [6.07, 6.45) is -10.3. The van der Waals surface area contributed by atoms with Gasteiger partial charge in [-0.2, -0.15) is 26.3 Å². The van der Waals surface area contributed by atoms with Crippen LogP contribution in [0.5, 0.6) is 0 Å². The van der Waals surface area contributed by atoms with Gasteiger partial charge in [0.15, 0.2) is 0 Å². The topological polar surface area (TPSA) is 168 Å². The number of carbonyl (C=O) groups is 4. The van der Waals surface area contributed by atoms with E-state index in [1.165, 1.54) is 60.7 Å². The lowest BCUT2D eigenvalue weighted by Crippen LogP contribution is -2.16. The molecule has 0 radical (unpaired) electrons. The molecule has 0 spiro atoms. The summed E-state index contributed by atoms with van der Waals surface area (Å²) in [7, 11) is 0. The number of benzene rings is 6. The zero-order chi connectivity index (χ0) is 41.8. The van der Waals surface area contributed by atoms with Gasteiger partial charge >= 0.3 is 12.4 Å². The lowest BCUT2D eigenvalue weighted by Gasteiger charge is -2.20. The van der Waals surface area contributed by atoms with Crippen molar-refractivity contribution < 1.29 is 45.5 Å². The first kappa shape index (κ1) is 40.1. The van der Waals surface area contributed by atoms with Crippen LogP contribution in [0.1, 0.15) is 52.6 Å². The van der Waals surface area contributed by atoms with Gasteiger partial charge in [0.2, 0.25) is 0 Å². The number of nitrogens with one attached hydrogen (secondary N) is 4. The summed E-state index contributed by atoms with van der Waals surface area (Å²) in [4.78, 5) is 50.9. The molecule has 6 aromatic carbocycles. The largest absolute Gasteiger partial charge is 0.417 e. The Kier molecular flexibility index (Phi) is 11.2. The molecule has 0 aliphatic rings. The lowest BCUT2D eigenvalue weighted by molar-refractivity contribution is -0.139. The summed E-state index contributed by atoms with van der Waals surface area (Å²) in [5, 5.41) is 9.90. The third-order valence-corrected chi connectivity index (χ3v) is 8.56. The van der Waals surface area contributed by atoms with Gasteiger partial charge in [0.05, 0.1) is 11.1 Å². The smallest absolute Gasteiger partial charge is 0.399 e. The minimum Gasteiger partial charge on any atom is -0.399 e. The number of hydrogen-bond donors (Lipinski definition) is 6. The molecule has 0 aliphatic heterocycles. The van der Waals surface area contributed by atoms with Gasteiger partial charge in [0.25, 0.3) is 23.6 Å². The first-order valence-electron chi connectivity index (χ1n) is 17.0. The predicted molar refractivity (Wildman–Crippen MR) is 208 cm³/mol. The van der Waals surface area contributed by atoms with Crippen LogP contribution in [0.15, 0.2) is 133 Å². The van der Waals surface area contributed by atoms with E-state index in [2.05, 4.69) is 21.3 Å². The van der Waals surface area contributed by atoms with Crippen LogP contribution in [0.4, 0.5) is 60.5 Å². The Morgan fingerprint density at radius 1 is 0.379 bits per heavy atom. The molecule has 0 fully saturated rings. The van der Waals surface area contributed by atoms with Crippen LogP contribution in [-0.2, 0) is 12.4 Å². The maximum Gasteiger partial charge on any atom is 0.417 e. The normalized spacial score (nSPS) is 11.3. The summed E-state index contributed by atoms with van der Waals surface area (Å²) in [5.74, 6) is -2.61. The molecule has 4 amide bonds. The second kappa shape index (κ2) is 16.2. The van der Waals surface area contributed by atoms with Gasteiger partial charge in [-0.15, -0.1) is 0 Å². The molecule has 0 bridgehead atoms. The number of nitrogen functional groups attached to an aromatic ring is 2. The maximum absolute atomic E-state index is 14.4. The van der Waals surface area contributed by atoms with Gasteiger partial charge in [0, 0.05) is 56.4 Å². The van der Waals surface area contributed by atoms with E-state index in [-0.39, 0.29) is 33.6 Å². The number of nitrogens with two attached hydrogens (primary N) is 2. The molecule has 6 rings (SSSR count). The summed E-state index contributed by atoms with van der Waals surface area (Å²) in [6, 6.07) is 28.0. The van der Waals surface area contributed by atoms with Crippen LogP contribution in [-0.4, -0.2) is 23.6 Å². The van der Waals surface area contributed by atoms with E-state index in [1.807, 2.05) is 0 Å². The fraction of sp³-hybridized carbons (Fsp3) is 0.0476. The Bertz CT molecular complexity index is 2360. The van der Waals surface area contributed by atoms with Crippen LogP contribution in [0, 0.1) is 0 Å². The minimum atomic E-state index is -5.16. The third kappa shape index (κ3) is 9.60. The van der Waals surface area contributed by atoms with Crippen LogP contribution >= 0.6 is 0 Å². The first-order chi connectivity index (χ1) is 27.4. The van der Waals surface area contributed by atoms with E-state index in [1.54, 1.807) is 36.4 Å². The highest BCUT2D eigenvalue weighted by Gasteiger charge is 2.39. The number of alkyl halides is 6. The molecule has 0 unspecified atom stereocenters. The van der Waals surface area contributed by atoms with Gasteiger partial charge in [0.1, 0.15) is 0 Å². The predicted octanol–water partition coefficient (Wildman–Crippen LogP) is 9.56. The van der Waals surface area contributed by atoms with Crippen LogP contribution in [0.2, 0.25) is 0 Å². The number of halogens is 6. The fourth-order valence-electron chi connectivity index (χ4n) is 5.77. The minimum absolute atomic E-state index is 0.00772. The van der Waals surface area contributed by atoms with Crippen molar-refractivity contribution in [3.05, 3.63) is 167 Å². The van der Waals surface area contributed by atoms with E-state index >= 15 is 0 Å². The van der Waals surface area contributed by atoms with E-state index in [4.69, 9.17) is 11.5 Å². The molecule has 58 heavy (non-hydrogen) atoms. The summed E-state index contributed by atoms with van der Waals surface area (Å²) >= 11 is 0. The van der Waals surface area contributed by atoms with E-state index in [0.29, 0.717) is 34.9 Å². The molecular formula is C42H30F6N6O4. The van der Waals surface area contributed by atoms with Crippen molar-refractivity contribution in [2.75, 3.05) is 32.7 Å². The third-order valence-electron chi connectivity index (χ3n) is 8.56. The molecule has 6 aromatic rings. The van der Waals surface area contributed by atoms with Crippen LogP contribution in [0.25, 0.3) is 11.1 Å². The molecule has 16 heteroatoms. The molecule has 0 saturated heterocycles. The van der Waals surface area contributed by atoms with E-state index in [0.717, 1.165) is 24.3 Å². The standard InChI is InChI=1S/C42H30F6N6O4/c43-41(44,45)35-21-31(53-37(55)23-7-11-29(12-8-23)51-39(57)25-3-1-5-27(49)19-25)15-17-33(35)34-18-16-32(22-36(34)42(46,47)48)54-38(56)24-9-13-30(14-10-24)52-40(58)26-4-2-6-28(50)20-26/h1-22H,49-50H2,(H,51,57)(H,52,58)(H,53,55)(H,54,56). The van der Waals surface area contributed by atoms with Crippen molar-refractivity contribution in [3.63, 3.8) is 0 Å². The zero-order valence-corrected chi connectivity index (χ0v) is 29.8. The molecule has 10 nitrogen and oxygen atoms in total. The molecule has 0 saturated carbocycles. The fourth-order valence-corrected chi connectivity index (χ4v) is 5.77. The van der Waals surface area contributed by atoms with Crippen molar-refractivity contribution in [1.82, 2.24) is 0 Å². The Morgan fingerprint density at radius 3 is 1.02 bits per heavy atom. The second-order valence-electron chi connectivity index (χ2n) is 12.7. The summed E-state index contributed by atoms with van der Waals surface area (Å²) in [5.41, 5.74) is 8.09. The monoisotopic (exact) mass is 796 g/mol. The Morgan fingerprint density at radius 2 is 0.690 bits per heavy atom. The van der Waals surface area contributed by atoms with Crippen molar-refractivity contribution in [2.45, 2.75) is 12.4 Å². The van der Waals surface area contributed by atoms with Crippen molar-refractivity contribution in [2.24, 2.45) is 0 Å². The molecule has 294 valence electrons. The van der Waals surface area contributed by atoms with Crippen molar-refractivity contribution >= 4 is 57.8 Å². The summed E-state index contributed by atoms with van der Waals surface area (Å²) < 4.78 is 86.5. The second-order valence-corrected chi connectivity index (χ2v) is 12.7. The highest BCUT2D eigenvalue weighted by Crippen LogP contribution is 2.44. The number of rotatable bonds is 9. The Balaban J connectivity index is 1.17. The van der Waals surface area contributed by atoms with Gasteiger partial charge < -0.3 is 32.7 Å². The molecule has 0 aromatic heterocycles. The van der Waals surface area contributed by atoms with Gasteiger partial charge in [-0.25, -0.2) is 0 Å². The quantitative estimate of drug-likeness (QED) is 0.0629. The molecule has 0 heterocycles. The number of carbonyl (C=O) groups excluding carboxylic acids is 4. The van der Waals surface area contributed by atoms with Gasteiger partial charge in [-0.05, 0) is 120 Å². The Labute approximate surface area is 325 Å². The molecule has 0 aliphatic carbocycles. The number of anilines is 6. The molecule has 8 N–H and O–H groups in total. The number of hydrogen-bond acceptors (Lipinski definition) is 6.